The standard InChI is InChI=1S/C23H26N4O3/c1-27-22(24-15-16-6-3-2-4-7-16)21(25-26-27)17-10-12-19(13-11-17)30-20-9-5-8-18(14-20)23(28)29/h2-4,6-7,10-13,18,20,24H,5,8-9,14-15H2,1H3,(H,28,29)/t18-,20-/m0/s1. The van der Waals surface area contributed by atoms with Crippen LogP contribution in [0.4, 0.5) is 5.82 Å². The lowest BCUT2D eigenvalue weighted by Gasteiger charge is -2.27. The Bertz CT molecular complexity index is 985. The third-order valence-electron chi connectivity index (χ3n) is 5.54. The summed E-state index contributed by atoms with van der Waals surface area (Å²) in [6.45, 7) is 0.683. The maximum atomic E-state index is 11.3. The molecule has 0 saturated heterocycles. The third-order valence-corrected chi connectivity index (χ3v) is 5.54. The van der Waals surface area contributed by atoms with Gasteiger partial charge >= 0.3 is 5.97 Å². The number of hydrogen-bond donors (Lipinski definition) is 2. The van der Waals surface area contributed by atoms with Crippen LogP contribution in [0.1, 0.15) is 31.2 Å². The van der Waals surface area contributed by atoms with Crippen molar-refractivity contribution >= 4 is 11.8 Å². The molecule has 156 valence electrons. The van der Waals surface area contributed by atoms with Crippen molar-refractivity contribution in [2.24, 2.45) is 13.0 Å². The number of aromatic nitrogens is 3. The van der Waals surface area contributed by atoms with Crippen LogP contribution in [0.5, 0.6) is 5.75 Å². The minimum atomic E-state index is -0.725. The summed E-state index contributed by atoms with van der Waals surface area (Å²) in [5, 5.41) is 21.2. The second-order valence-corrected chi connectivity index (χ2v) is 7.72. The van der Waals surface area contributed by atoms with E-state index in [1.807, 2.05) is 49.5 Å². The van der Waals surface area contributed by atoms with Gasteiger partial charge in [0.1, 0.15) is 11.4 Å². The maximum Gasteiger partial charge on any atom is 0.306 e. The van der Waals surface area contributed by atoms with Gasteiger partial charge in [-0.15, -0.1) is 5.10 Å². The van der Waals surface area contributed by atoms with Crippen molar-refractivity contribution in [1.82, 2.24) is 15.0 Å². The first-order valence-corrected chi connectivity index (χ1v) is 10.3. The second-order valence-electron chi connectivity index (χ2n) is 7.72. The van der Waals surface area contributed by atoms with Crippen LogP contribution in [0, 0.1) is 5.92 Å². The molecule has 2 aromatic carbocycles. The van der Waals surface area contributed by atoms with E-state index in [0.29, 0.717) is 13.0 Å². The zero-order chi connectivity index (χ0) is 20.9. The number of carboxylic acid groups (broad SMARTS) is 1. The molecule has 0 bridgehead atoms. The van der Waals surface area contributed by atoms with Crippen LogP contribution >= 0.6 is 0 Å². The minimum absolute atomic E-state index is 0.0506. The molecular weight excluding hydrogens is 380 g/mol. The molecular formula is C23H26N4O3. The monoisotopic (exact) mass is 406 g/mol. The van der Waals surface area contributed by atoms with Gasteiger partial charge in [0.15, 0.2) is 5.82 Å². The molecule has 30 heavy (non-hydrogen) atoms. The Balaban J connectivity index is 1.43. The van der Waals surface area contributed by atoms with Gasteiger partial charge in [0.2, 0.25) is 0 Å². The Morgan fingerprint density at radius 2 is 1.93 bits per heavy atom. The molecule has 4 rings (SSSR count). The largest absolute Gasteiger partial charge is 0.490 e. The first-order valence-electron chi connectivity index (χ1n) is 10.3. The Hall–Kier alpha value is -3.35. The predicted molar refractivity (Wildman–Crippen MR) is 114 cm³/mol. The minimum Gasteiger partial charge on any atom is -0.490 e. The van der Waals surface area contributed by atoms with Crippen molar-refractivity contribution in [3.63, 3.8) is 0 Å². The van der Waals surface area contributed by atoms with Crippen molar-refractivity contribution in [2.45, 2.75) is 38.3 Å². The van der Waals surface area contributed by atoms with Gasteiger partial charge in [0.25, 0.3) is 0 Å². The molecule has 1 aliphatic carbocycles. The van der Waals surface area contributed by atoms with Crippen LogP contribution in [0.25, 0.3) is 11.3 Å². The number of nitrogens with zero attached hydrogens (tertiary/aromatic N) is 3. The molecule has 1 heterocycles. The number of ether oxygens (including phenoxy) is 1. The van der Waals surface area contributed by atoms with Gasteiger partial charge in [-0.3, -0.25) is 4.79 Å². The number of rotatable bonds is 7. The van der Waals surface area contributed by atoms with Crippen molar-refractivity contribution < 1.29 is 14.6 Å². The molecule has 0 amide bonds. The molecule has 0 radical (unpaired) electrons. The molecule has 3 aromatic rings. The molecule has 1 aromatic heterocycles. The van der Waals surface area contributed by atoms with Gasteiger partial charge in [-0.2, -0.15) is 0 Å². The number of benzene rings is 2. The van der Waals surface area contributed by atoms with E-state index in [9.17, 15) is 9.90 Å². The van der Waals surface area contributed by atoms with E-state index < -0.39 is 5.97 Å². The van der Waals surface area contributed by atoms with Gasteiger partial charge in [0, 0.05) is 19.2 Å². The second kappa shape index (κ2) is 8.98. The van der Waals surface area contributed by atoms with E-state index in [4.69, 9.17) is 4.74 Å². The van der Waals surface area contributed by atoms with E-state index in [2.05, 4.69) is 27.8 Å². The highest BCUT2D eigenvalue weighted by atomic mass is 16.5. The van der Waals surface area contributed by atoms with Crippen LogP contribution < -0.4 is 10.1 Å². The molecule has 0 aliphatic heterocycles. The average Bonchev–Trinajstić information content (AvgIpc) is 3.14. The summed E-state index contributed by atoms with van der Waals surface area (Å²) >= 11 is 0. The molecule has 2 atom stereocenters. The third kappa shape index (κ3) is 4.62. The van der Waals surface area contributed by atoms with Gasteiger partial charge in [-0.25, -0.2) is 4.68 Å². The first kappa shape index (κ1) is 19.9. The van der Waals surface area contributed by atoms with E-state index in [1.54, 1.807) is 4.68 Å². The fourth-order valence-electron chi connectivity index (χ4n) is 3.89. The first-order chi connectivity index (χ1) is 14.6. The lowest BCUT2D eigenvalue weighted by molar-refractivity contribution is -0.143. The number of nitrogens with one attached hydrogen (secondary N) is 1. The fraction of sp³-hybridized carbons (Fsp3) is 0.348. The summed E-state index contributed by atoms with van der Waals surface area (Å²) in [5.74, 6) is 0.569. The van der Waals surface area contributed by atoms with Crippen molar-refractivity contribution in [1.29, 1.82) is 0 Å². The highest BCUT2D eigenvalue weighted by Crippen LogP contribution is 2.30. The quantitative estimate of drug-likeness (QED) is 0.614. The molecule has 1 fully saturated rings. The van der Waals surface area contributed by atoms with E-state index in [1.165, 1.54) is 5.56 Å². The van der Waals surface area contributed by atoms with Crippen LogP contribution in [0.2, 0.25) is 0 Å². The number of aliphatic carboxylic acids is 1. The highest BCUT2D eigenvalue weighted by molar-refractivity contribution is 5.72. The number of aryl methyl sites for hydroxylation is 1. The maximum absolute atomic E-state index is 11.3. The van der Waals surface area contributed by atoms with Crippen LogP contribution in [-0.4, -0.2) is 32.2 Å². The summed E-state index contributed by atoms with van der Waals surface area (Å²) in [4.78, 5) is 11.3. The molecule has 1 saturated carbocycles. The topological polar surface area (TPSA) is 89.3 Å². The van der Waals surface area contributed by atoms with Crippen molar-refractivity contribution in [3.8, 4) is 17.0 Å². The Morgan fingerprint density at radius 3 is 2.67 bits per heavy atom. The van der Waals surface area contributed by atoms with Gasteiger partial charge in [0.05, 0.1) is 12.0 Å². The normalized spacial score (nSPS) is 18.7. The molecule has 0 spiro atoms. The van der Waals surface area contributed by atoms with Gasteiger partial charge in [-0.05, 0) is 55.5 Å². The van der Waals surface area contributed by atoms with Crippen LogP contribution in [0.3, 0.4) is 0 Å². The smallest absolute Gasteiger partial charge is 0.306 e. The average molecular weight is 406 g/mol. The zero-order valence-electron chi connectivity index (χ0n) is 17.0. The van der Waals surface area contributed by atoms with E-state index in [-0.39, 0.29) is 12.0 Å². The lowest BCUT2D eigenvalue weighted by atomic mass is 9.87. The summed E-state index contributed by atoms with van der Waals surface area (Å²) in [7, 11) is 1.86. The number of anilines is 1. The van der Waals surface area contributed by atoms with Crippen LogP contribution in [0.15, 0.2) is 54.6 Å². The predicted octanol–water partition coefficient (Wildman–Crippen LogP) is 4.12. The Morgan fingerprint density at radius 1 is 1.17 bits per heavy atom. The molecule has 2 N–H and O–H groups in total. The highest BCUT2D eigenvalue weighted by Gasteiger charge is 2.28. The van der Waals surface area contributed by atoms with E-state index in [0.717, 1.165) is 42.1 Å². The molecule has 1 aliphatic rings. The van der Waals surface area contributed by atoms with Crippen LogP contribution in [-0.2, 0) is 18.4 Å². The summed E-state index contributed by atoms with van der Waals surface area (Å²) in [5.41, 5.74) is 2.90. The number of hydrogen-bond acceptors (Lipinski definition) is 5. The van der Waals surface area contributed by atoms with Crippen molar-refractivity contribution in [2.75, 3.05) is 5.32 Å². The number of carboxylic acids is 1. The Kier molecular flexibility index (Phi) is 5.97. The van der Waals surface area contributed by atoms with E-state index >= 15 is 0 Å². The fourth-order valence-corrected chi connectivity index (χ4v) is 3.89. The number of carbonyl (C=O) groups is 1. The van der Waals surface area contributed by atoms with Gasteiger partial charge in [-0.1, -0.05) is 35.5 Å². The SMILES string of the molecule is Cn1nnc(-c2ccc(O[C@H]3CCC[C@H](C(=O)O)C3)cc2)c1NCc1ccccc1. The van der Waals surface area contributed by atoms with Gasteiger partial charge < -0.3 is 15.2 Å². The molecule has 7 nitrogen and oxygen atoms in total. The lowest BCUT2D eigenvalue weighted by Crippen LogP contribution is -2.29. The summed E-state index contributed by atoms with van der Waals surface area (Å²) < 4.78 is 7.78. The summed E-state index contributed by atoms with van der Waals surface area (Å²) in [6.07, 6.45) is 3.03. The molecule has 0 unspecified atom stereocenters. The Labute approximate surface area is 175 Å². The zero-order valence-corrected chi connectivity index (χ0v) is 17.0. The molecule has 7 heteroatoms. The summed E-state index contributed by atoms with van der Waals surface area (Å²) in [6, 6.07) is 17.9. The van der Waals surface area contributed by atoms with Crippen molar-refractivity contribution in [3.05, 3.63) is 60.2 Å².